The van der Waals surface area contributed by atoms with Gasteiger partial charge in [0.15, 0.2) is 0 Å². The van der Waals surface area contributed by atoms with Crippen LogP contribution in [0.1, 0.15) is 39.0 Å². The van der Waals surface area contributed by atoms with Crippen LogP contribution in [-0.4, -0.2) is 27.2 Å². The molecule has 7 heteroatoms. The van der Waals surface area contributed by atoms with E-state index in [0.717, 1.165) is 32.1 Å². The van der Waals surface area contributed by atoms with Crippen LogP contribution in [0, 0.1) is 0 Å². The maximum Gasteiger partial charge on any atom is 0.421 e. The van der Waals surface area contributed by atoms with Crippen molar-refractivity contribution in [2.75, 3.05) is 6.61 Å². The van der Waals surface area contributed by atoms with Crippen molar-refractivity contribution in [2.24, 2.45) is 0 Å². The van der Waals surface area contributed by atoms with Gasteiger partial charge >= 0.3 is 16.3 Å². The van der Waals surface area contributed by atoms with E-state index in [1.165, 1.54) is 0 Å². The van der Waals surface area contributed by atoms with Gasteiger partial charge in [0.1, 0.15) is 0 Å². The highest BCUT2D eigenvalue weighted by atomic mass is 32.2. The first-order chi connectivity index (χ1) is 7.53. The van der Waals surface area contributed by atoms with Crippen LogP contribution in [0.5, 0.6) is 0 Å². The van der Waals surface area contributed by atoms with Gasteiger partial charge in [0.25, 0.3) is 0 Å². The summed E-state index contributed by atoms with van der Waals surface area (Å²) in [5, 5.41) is 0. The molecule has 1 aliphatic carbocycles. The summed E-state index contributed by atoms with van der Waals surface area (Å²) in [4.78, 5) is 10.9. The largest absolute Gasteiger partial charge is 0.449 e. The Morgan fingerprint density at radius 1 is 1.31 bits per heavy atom. The summed E-state index contributed by atoms with van der Waals surface area (Å²) in [5.74, 6) is 0. The maximum atomic E-state index is 11.5. The number of hydrogen-bond acceptors (Lipinski definition) is 4. The second-order valence-electron chi connectivity index (χ2n) is 3.78. The van der Waals surface area contributed by atoms with Gasteiger partial charge < -0.3 is 4.74 Å². The van der Waals surface area contributed by atoms with Crippen molar-refractivity contribution in [2.45, 2.75) is 45.1 Å². The van der Waals surface area contributed by atoms with Gasteiger partial charge in [-0.15, -0.1) is 0 Å². The first-order valence-electron chi connectivity index (χ1n) is 5.50. The van der Waals surface area contributed by atoms with Gasteiger partial charge in [-0.3, -0.25) is 0 Å². The van der Waals surface area contributed by atoms with Gasteiger partial charge in [0.05, 0.1) is 6.61 Å². The lowest BCUT2D eigenvalue weighted by Crippen LogP contribution is -2.45. The average molecular weight is 250 g/mol. The normalized spacial score (nSPS) is 18.1. The third-order valence-electron chi connectivity index (χ3n) is 2.42. The number of carbonyl (C=O) groups is 1. The van der Waals surface area contributed by atoms with Crippen LogP contribution in [0.4, 0.5) is 4.79 Å². The van der Waals surface area contributed by atoms with E-state index in [1.807, 2.05) is 0 Å². The van der Waals surface area contributed by atoms with E-state index in [4.69, 9.17) is 0 Å². The molecule has 1 fully saturated rings. The third-order valence-corrected chi connectivity index (χ3v) is 3.50. The highest BCUT2D eigenvalue weighted by Crippen LogP contribution is 2.17. The van der Waals surface area contributed by atoms with Crippen molar-refractivity contribution in [1.82, 2.24) is 9.44 Å². The number of rotatable bonds is 4. The zero-order valence-electron chi connectivity index (χ0n) is 9.36. The van der Waals surface area contributed by atoms with Gasteiger partial charge in [-0.1, -0.05) is 19.3 Å². The van der Waals surface area contributed by atoms with E-state index >= 15 is 0 Å². The van der Waals surface area contributed by atoms with Crippen LogP contribution in [0.3, 0.4) is 0 Å². The van der Waals surface area contributed by atoms with Crippen LogP contribution in [-0.2, 0) is 14.9 Å². The molecule has 1 saturated carbocycles. The zero-order valence-corrected chi connectivity index (χ0v) is 10.2. The Morgan fingerprint density at radius 3 is 2.50 bits per heavy atom. The van der Waals surface area contributed by atoms with E-state index < -0.39 is 16.3 Å². The van der Waals surface area contributed by atoms with Gasteiger partial charge in [0, 0.05) is 6.04 Å². The van der Waals surface area contributed by atoms with Gasteiger partial charge in [-0.05, 0) is 19.8 Å². The highest BCUT2D eigenvalue weighted by Gasteiger charge is 2.21. The molecule has 0 aromatic carbocycles. The molecule has 0 saturated heterocycles. The lowest BCUT2D eigenvalue weighted by atomic mass is 9.96. The van der Waals surface area contributed by atoms with Crippen molar-refractivity contribution in [3.05, 3.63) is 0 Å². The molecule has 0 heterocycles. The van der Waals surface area contributed by atoms with Crippen molar-refractivity contribution >= 4 is 16.3 Å². The monoisotopic (exact) mass is 250 g/mol. The highest BCUT2D eigenvalue weighted by molar-refractivity contribution is 7.88. The summed E-state index contributed by atoms with van der Waals surface area (Å²) in [6, 6.07) is -0.0688. The molecule has 16 heavy (non-hydrogen) atoms. The van der Waals surface area contributed by atoms with Crippen molar-refractivity contribution in [3.63, 3.8) is 0 Å². The van der Waals surface area contributed by atoms with E-state index in [9.17, 15) is 13.2 Å². The SMILES string of the molecule is CCOC(=O)NS(=O)(=O)NC1CCCCC1. The second kappa shape index (κ2) is 6.05. The average Bonchev–Trinajstić information content (AvgIpc) is 2.17. The number of hydrogen-bond donors (Lipinski definition) is 2. The molecule has 1 aliphatic rings. The number of amides is 1. The first kappa shape index (κ1) is 13.2. The van der Waals surface area contributed by atoms with Crippen LogP contribution in [0.15, 0.2) is 0 Å². The fraction of sp³-hybridized carbons (Fsp3) is 0.889. The molecule has 0 spiro atoms. The molecule has 0 aromatic rings. The summed E-state index contributed by atoms with van der Waals surface area (Å²) >= 11 is 0. The van der Waals surface area contributed by atoms with Crippen molar-refractivity contribution in [3.8, 4) is 0 Å². The fourth-order valence-electron chi connectivity index (χ4n) is 1.74. The first-order valence-corrected chi connectivity index (χ1v) is 6.98. The molecule has 0 aromatic heterocycles. The van der Waals surface area contributed by atoms with E-state index in [2.05, 4.69) is 9.46 Å². The predicted octanol–water partition coefficient (Wildman–Crippen LogP) is 0.900. The van der Waals surface area contributed by atoms with Crippen LogP contribution < -0.4 is 9.44 Å². The molecule has 0 unspecified atom stereocenters. The van der Waals surface area contributed by atoms with E-state index in [-0.39, 0.29) is 12.6 Å². The van der Waals surface area contributed by atoms with E-state index in [1.54, 1.807) is 11.6 Å². The molecular weight excluding hydrogens is 232 g/mol. The Balaban J connectivity index is 2.41. The molecule has 94 valence electrons. The number of ether oxygens (including phenoxy) is 1. The zero-order chi connectivity index (χ0) is 12.0. The molecule has 2 N–H and O–H groups in total. The summed E-state index contributed by atoms with van der Waals surface area (Å²) in [6.45, 7) is 1.76. The molecule has 0 radical (unpaired) electrons. The minimum atomic E-state index is -3.78. The molecule has 1 amide bonds. The molecular formula is C9H18N2O4S. The summed E-state index contributed by atoms with van der Waals surface area (Å²) in [7, 11) is -3.78. The molecule has 0 aliphatic heterocycles. The lowest BCUT2D eigenvalue weighted by molar-refractivity contribution is 0.158. The molecule has 0 atom stereocenters. The Labute approximate surface area is 95.9 Å². The molecule has 0 bridgehead atoms. The maximum absolute atomic E-state index is 11.5. The Morgan fingerprint density at radius 2 is 1.94 bits per heavy atom. The predicted molar refractivity (Wildman–Crippen MR) is 59.1 cm³/mol. The quantitative estimate of drug-likeness (QED) is 0.776. The Hall–Kier alpha value is -0.820. The number of carbonyl (C=O) groups excluding carboxylic acids is 1. The lowest BCUT2D eigenvalue weighted by Gasteiger charge is -2.22. The molecule has 1 rings (SSSR count). The van der Waals surface area contributed by atoms with Gasteiger partial charge in [-0.25, -0.2) is 9.52 Å². The van der Waals surface area contributed by atoms with Crippen LogP contribution >= 0.6 is 0 Å². The minimum absolute atomic E-state index is 0.0688. The smallest absolute Gasteiger partial charge is 0.421 e. The molecule has 6 nitrogen and oxygen atoms in total. The third kappa shape index (κ3) is 4.80. The van der Waals surface area contributed by atoms with Crippen molar-refractivity contribution < 1.29 is 17.9 Å². The van der Waals surface area contributed by atoms with Gasteiger partial charge in [-0.2, -0.15) is 13.1 Å². The fourth-order valence-corrected chi connectivity index (χ4v) is 2.75. The Bertz CT molecular complexity index is 322. The standard InChI is InChI=1S/C9H18N2O4S/c1-2-15-9(12)11-16(13,14)10-8-6-4-3-5-7-8/h8,10H,2-7H2,1H3,(H,11,12). The van der Waals surface area contributed by atoms with Gasteiger partial charge in [0.2, 0.25) is 0 Å². The van der Waals surface area contributed by atoms with Crippen molar-refractivity contribution in [1.29, 1.82) is 0 Å². The van der Waals surface area contributed by atoms with Crippen LogP contribution in [0.25, 0.3) is 0 Å². The topological polar surface area (TPSA) is 84.5 Å². The second-order valence-corrected chi connectivity index (χ2v) is 5.23. The Kier molecular flexibility index (Phi) is 5.01. The van der Waals surface area contributed by atoms with Crippen LogP contribution in [0.2, 0.25) is 0 Å². The number of nitrogens with one attached hydrogen (secondary N) is 2. The van der Waals surface area contributed by atoms with E-state index in [0.29, 0.717) is 0 Å². The summed E-state index contributed by atoms with van der Waals surface area (Å²) in [6.07, 6.45) is 3.89. The summed E-state index contributed by atoms with van der Waals surface area (Å²) < 4.78 is 31.7. The summed E-state index contributed by atoms with van der Waals surface area (Å²) in [5.41, 5.74) is 0. The minimum Gasteiger partial charge on any atom is -0.449 e.